The van der Waals surface area contributed by atoms with Crippen molar-refractivity contribution in [3.8, 4) is 0 Å². The van der Waals surface area contributed by atoms with Crippen LogP contribution in [0.1, 0.15) is 5.56 Å². The van der Waals surface area contributed by atoms with Crippen molar-refractivity contribution in [1.82, 2.24) is 9.55 Å². The minimum absolute atomic E-state index is 0.0193. The third-order valence-corrected chi connectivity index (χ3v) is 5.64. The molecule has 3 nitrogen and oxygen atoms in total. The molecule has 0 unspecified atom stereocenters. The van der Waals surface area contributed by atoms with Crippen LogP contribution in [0, 0.1) is 0 Å². The molecule has 2 aromatic heterocycles. The van der Waals surface area contributed by atoms with E-state index in [1.807, 2.05) is 29.6 Å². The molecule has 2 heterocycles. The molecule has 0 aliphatic heterocycles. The van der Waals surface area contributed by atoms with E-state index in [1.165, 1.54) is 16.9 Å². The molecule has 3 rings (SSSR count). The SMILES string of the molecule is Cn1c(SCc2ccccc2Br)nc2sccc2c1=O. The molecular formula is C14H11BrN2OS2. The van der Waals surface area contributed by atoms with Gasteiger partial charge in [0.1, 0.15) is 4.83 Å². The van der Waals surface area contributed by atoms with Gasteiger partial charge in [0.05, 0.1) is 5.39 Å². The van der Waals surface area contributed by atoms with Gasteiger partial charge in [-0.25, -0.2) is 4.98 Å². The van der Waals surface area contributed by atoms with E-state index in [1.54, 1.807) is 23.4 Å². The van der Waals surface area contributed by atoms with Crippen LogP contribution in [-0.2, 0) is 12.8 Å². The minimum Gasteiger partial charge on any atom is -0.290 e. The van der Waals surface area contributed by atoms with Crippen LogP contribution in [0.2, 0.25) is 0 Å². The summed E-state index contributed by atoms with van der Waals surface area (Å²) in [7, 11) is 1.77. The molecule has 1 aromatic carbocycles. The number of hydrogen-bond donors (Lipinski definition) is 0. The van der Waals surface area contributed by atoms with E-state index >= 15 is 0 Å². The first-order valence-corrected chi connectivity index (χ1v) is 8.63. The van der Waals surface area contributed by atoms with Crippen molar-refractivity contribution in [2.24, 2.45) is 7.05 Å². The fourth-order valence-electron chi connectivity index (χ4n) is 1.87. The van der Waals surface area contributed by atoms with Gasteiger partial charge >= 0.3 is 0 Å². The van der Waals surface area contributed by atoms with Gasteiger partial charge < -0.3 is 0 Å². The summed E-state index contributed by atoms with van der Waals surface area (Å²) >= 11 is 6.61. The van der Waals surface area contributed by atoms with Crippen LogP contribution in [0.15, 0.2) is 50.1 Å². The normalized spacial score (nSPS) is 11.1. The van der Waals surface area contributed by atoms with E-state index in [0.29, 0.717) is 5.39 Å². The second-order valence-corrected chi connectivity index (χ2v) is 6.97. The quantitative estimate of drug-likeness (QED) is 0.518. The van der Waals surface area contributed by atoms with E-state index in [2.05, 4.69) is 27.0 Å². The van der Waals surface area contributed by atoms with Gasteiger partial charge in [-0.2, -0.15) is 0 Å². The van der Waals surface area contributed by atoms with Crippen LogP contribution in [0.4, 0.5) is 0 Å². The van der Waals surface area contributed by atoms with Crippen LogP contribution in [0.25, 0.3) is 10.2 Å². The molecular weight excluding hydrogens is 356 g/mol. The highest BCUT2D eigenvalue weighted by molar-refractivity contribution is 9.10. The summed E-state index contributed by atoms with van der Waals surface area (Å²) in [6.45, 7) is 0. The van der Waals surface area contributed by atoms with Crippen molar-refractivity contribution in [3.05, 3.63) is 56.1 Å². The lowest BCUT2D eigenvalue weighted by Gasteiger charge is -2.07. The topological polar surface area (TPSA) is 34.9 Å². The summed E-state index contributed by atoms with van der Waals surface area (Å²) in [5.74, 6) is 0.776. The Morgan fingerprint density at radius 2 is 2.15 bits per heavy atom. The predicted octanol–water partition coefficient (Wildman–Crippen LogP) is 4.05. The average molecular weight is 367 g/mol. The van der Waals surface area contributed by atoms with E-state index in [9.17, 15) is 4.79 Å². The van der Waals surface area contributed by atoms with Crippen LogP contribution in [0.5, 0.6) is 0 Å². The highest BCUT2D eigenvalue weighted by Crippen LogP contribution is 2.26. The molecule has 0 atom stereocenters. The Labute approximate surface area is 132 Å². The van der Waals surface area contributed by atoms with Gasteiger partial charge in [-0.3, -0.25) is 9.36 Å². The molecule has 0 amide bonds. The Kier molecular flexibility index (Phi) is 3.96. The zero-order valence-corrected chi connectivity index (χ0v) is 13.9. The summed E-state index contributed by atoms with van der Waals surface area (Å²) in [5, 5.41) is 3.35. The van der Waals surface area contributed by atoms with E-state index < -0.39 is 0 Å². The summed E-state index contributed by atoms with van der Waals surface area (Å²) in [6, 6.07) is 9.92. The molecule has 20 heavy (non-hydrogen) atoms. The number of rotatable bonds is 3. The van der Waals surface area contributed by atoms with E-state index in [0.717, 1.165) is 20.2 Å². The van der Waals surface area contributed by atoms with Crippen molar-refractivity contribution in [1.29, 1.82) is 0 Å². The Morgan fingerprint density at radius 3 is 2.95 bits per heavy atom. The van der Waals surface area contributed by atoms with Gasteiger partial charge in [0, 0.05) is 17.3 Å². The Hall–Kier alpha value is -1.11. The monoisotopic (exact) mass is 366 g/mol. The predicted molar refractivity (Wildman–Crippen MR) is 88.6 cm³/mol. The number of fused-ring (bicyclic) bond motifs is 1. The number of aromatic nitrogens is 2. The number of halogens is 1. The van der Waals surface area contributed by atoms with Gasteiger partial charge in [0.15, 0.2) is 5.16 Å². The van der Waals surface area contributed by atoms with Crippen LogP contribution in [-0.4, -0.2) is 9.55 Å². The molecule has 0 fully saturated rings. The first kappa shape index (κ1) is 13.9. The number of nitrogens with zero attached hydrogens (tertiary/aromatic N) is 2. The molecule has 102 valence electrons. The summed E-state index contributed by atoms with van der Waals surface area (Å²) < 4.78 is 2.70. The van der Waals surface area contributed by atoms with Gasteiger partial charge in [0.2, 0.25) is 0 Å². The highest BCUT2D eigenvalue weighted by atomic mass is 79.9. The average Bonchev–Trinajstić information content (AvgIpc) is 2.91. The first-order valence-electron chi connectivity index (χ1n) is 5.97. The van der Waals surface area contributed by atoms with Gasteiger partial charge in [-0.15, -0.1) is 11.3 Å². The number of thiophene rings is 1. The molecule has 3 aromatic rings. The fraction of sp³-hybridized carbons (Fsp3) is 0.143. The second-order valence-electron chi connectivity index (χ2n) is 4.28. The number of hydrogen-bond acceptors (Lipinski definition) is 4. The Morgan fingerprint density at radius 1 is 1.35 bits per heavy atom. The van der Waals surface area contributed by atoms with Crippen molar-refractivity contribution in [3.63, 3.8) is 0 Å². The third-order valence-electron chi connectivity index (χ3n) is 2.98. The summed E-state index contributed by atoms with van der Waals surface area (Å²) in [5.41, 5.74) is 1.21. The van der Waals surface area contributed by atoms with Crippen molar-refractivity contribution < 1.29 is 0 Å². The van der Waals surface area contributed by atoms with E-state index in [-0.39, 0.29) is 5.56 Å². The first-order chi connectivity index (χ1) is 9.66. The zero-order valence-electron chi connectivity index (χ0n) is 10.7. The smallest absolute Gasteiger partial charge is 0.262 e. The van der Waals surface area contributed by atoms with E-state index in [4.69, 9.17) is 0 Å². The van der Waals surface area contributed by atoms with Gasteiger partial charge in [0.25, 0.3) is 5.56 Å². The lowest BCUT2D eigenvalue weighted by molar-refractivity contribution is 0.728. The largest absolute Gasteiger partial charge is 0.290 e. The van der Waals surface area contributed by atoms with Crippen LogP contribution in [0.3, 0.4) is 0 Å². The standard InChI is InChI=1S/C14H11BrN2OS2/c1-17-13(18)10-6-7-19-12(10)16-14(17)20-8-9-4-2-3-5-11(9)15/h2-7H,8H2,1H3. The van der Waals surface area contributed by atoms with Crippen LogP contribution < -0.4 is 5.56 Å². The molecule has 0 saturated heterocycles. The third kappa shape index (κ3) is 2.55. The highest BCUT2D eigenvalue weighted by Gasteiger charge is 2.10. The van der Waals surface area contributed by atoms with Gasteiger partial charge in [-0.05, 0) is 23.1 Å². The number of benzene rings is 1. The molecule has 0 spiro atoms. The zero-order chi connectivity index (χ0) is 14.1. The molecule has 0 aliphatic carbocycles. The molecule has 0 N–H and O–H groups in total. The maximum atomic E-state index is 12.2. The maximum absolute atomic E-state index is 12.2. The number of thioether (sulfide) groups is 1. The Bertz CT molecular complexity index is 825. The molecule has 0 bridgehead atoms. The fourth-order valence-corrected chi connectivity index (χ4v) is 4.26. The lowest BCUT2D eigenvalue weighted by atomic mass is 10.2. The van der Waals surface area contributed by atoms with Crippen molar-refractivity contribution in [2.75, 3.05) is 0 Å². The van der Waals surface area contributed by atoms with Crippen LogP contribution >= 0.6 is 39.0 Å². The summed E-state index contributed by atoms with van der Waals surface area (Å²) in [6.07, 6.45) is 0. The molecule has 0 aliphatic rings. The lowest BCUT2D eigenvalue weighted by Crippen LogP contribution is -2.19. The molecule has 0 radical (unpaired) electrons. The summed E-state index contributed by atoms with van der Waals surface area (Å²) in [4.78, 5) is 17.6. The minimum atomic E-state index is 0.0193. The molecule has 6 heteroatoms. The van der Waals surface area contributed by atoms with Gasteiger partial charge in [-0.1, -0.05) is 45.9 Å². The molecule has 0 saturated carbocycles. The van der Waals surface area contributed by atoms with Crippen molar-refractivity contribution >= 4 is 49.2 Å². The van der Waals surface area contributed by atoms with Crippen molar-refractivity contribution in [2.45, 2.75) is 10.9 Å². The maximum Gasteiger partial charge on any atom is 0.262 e. The second kappa shape index (κ2) is 5.71. The Balaban J connectivity index is 1.93.